The molecule has 7 nitrogen and oxygen atoms in total. The van der Waals surface area contributed by atoms with Crippen LogP contribution in [0.5, 0.6) is 5.75 Å². The standard InChI is InChI=1S/C24H21BrN2O5/c1-2-31-24(30)32-19-13-9-17(10-14-19)23(29)27-21-6-4-3-5-20(21)26-22(28)15-16-7-11-18(25)12-8-16/h3-14H,2,15H2,1H3,(H,26,28)(H,27,29). The number of hydrogen-bond donors (Lipinski definition) is 2. The van der Waals surface area contributed by atoms with Gasteiger partial charge in [0, 0.05) is 10.0 Å². The molecule has 0 spiro atoms. The summed E-state index contributed by atoms with van der Waals surface area (Å²) in [6.07, 6.45) is -0.602. The van der Waals surface area contributed by atoms with E-state index in [1.54, 1.807) is 31.2 Å². The normalized spacial score (nSPS) is 10.2. The van der Waals surface area contributed by atoms with Crippen molar-refractivity contribution >= 4 is 45.3 Å². The van der Waals surface area contributed by atoms with Gasteiger partial charge < -0.3 is 20.1 Å². The largest absolute Gasteiger partial charge is 0.513 e. The fourth-order valence-corrected chi connectivity index (χ4v) is 3.06. The number of carbonyl (C=O) groups is 3. The number of halogens is 1. The molecule has 3 aromatic rings. The Morgan fingerprint density at radius 1 is 0.844 bits per heavy atom. The molecule has 0 bridgehead atoms. The van der Waals surface area contributed by atoms with Gasteiger partial charge in [0.25, 0.3) is 5.91 Å². The summed E-state index contributed by atoms with van der Waals surface area (Å²) in [4.78, 5) is 36.5. The Morgan fingerprint density at radius 3 is 2.09 bits per heavy atom. The first kappa shape index (κ1) is 23.0. The number of para-hydroxylation sites is 2. The molecule has 0 radical (unpaired) electrons. The lowest BCUT2D eigenvalue weighted by Crippen LogP contribution is -2.18. The number of carbonyl (C=O) groups excluding carboxylic acids is 3. The van der Waals surface area contributed by atoms with Crippen LogP contribution in [0.15, 0.2) is 77.3 Å². The molecule has 2 amide bonds. The molecule has 0 aromatic heterocycles. The lowest BCUT2D eigenvalue weighted by Gasteiger charge is -2.13. The fourth-order valence-electron chi connectivity index (χ4n) is 2.80. The van der Waals surface area contributed by atoms with Crippen molar-refractivity contribution in [1.82, 2.24) is 0 Å². The Morgan fingerprint density at radius 2 is 1.47 bits per heavy atom. The van der Waals surface area contributed by atoms with Crippen molar-refractivity contribution in [3.8, 4) is 5.75 Å². The van der Waals surface area contributed by atoms with E-state index in [1.807, 2.05) is 24.3 Å². The van der Waals surface area contributed by atoms with Crippen LogP contribution in [0.2, 0.25) is 0 Å². The minimum Gasteiger partial charge on any atom is -0.434 e. The Hall–Kier alpha value is -3.65. The van der Waals surface area contributed by atoms with Crippen LogP contribution < -0.4 is 15.4 Å². The highest BCUT2D eigenvalue weighted by molar-refractivity contribution is 9.10. The van der Waals surface area contributed by atoms with E-state index in [2.05, 4.69) is 26.6 Å². The molecule has 32 heavy (non-hydrogen) atoms. The molecule has 0 saturated carbocycles. The van der Waals surface area contributed by atoms with Crippen molar-refractivity contribution in [2.75, 3.05) is 17.2 Å². The van der Waals surface area contributed by atoms with E-state index in [9.17, 15) is 14.4 Å². The van der Waals surface area contributed by atoms with E-state index in [0.29, 0.717) is 16.9 Å². The number of rotatable bonds is 7. The molecular formula is C24H21BrN2O5. The summed E-state index contributed by atoms with van der Waals surface area (Å²) in [7, 11) is 0. The fraction of sp³-hybridized carbons (Fsp3) is 0.125. The zero-order chi connectivity index (χ0) is 22.9. The zero-order valence-corrected chi connectivity index (χ0v) is 18.8. The van der Waals surface area contributed by atoms with Crippen molar-refractivity contribution in [2.45, 2.75) is 13.3 Å². The summed E-state index contributed by atoms with van der Waals surface area (Å²) in [5, 5.41) is 5.63. The minimum atomic E-state index is -0.808. The lowest BCUT2D eigenvalue weighted by atomic mass is 10.1. The third-order valence-corrected chi connectivity index (χ3v) is 4.84. The van der Waals surface area contributed by atoms with Crippen molar-refractivity contribution in [3.63, 3.8) is 0 Å². The summed E-state index contributed by atoms with van der Waals surface area (Å²) in [5.41, 5.74) is 2.19. The van der Waals surface area contributed by atoms with Crippen LogP contribution in [0.4, 0.5) is 16.2 Å². The summed E-state index contributed by atoms with van der Waals surface area (Å²) >= 11 is 3.37. The highest BCUT2D eigenvalue weighted by Gasteiger charge is 2.12. The third kappa shape index (κ3) is 6.68. The first-order valence-electron chi connectivity index (χ1n) is 9.84. The molecule has 0 atom stereocenters. The number of ether oxygens (including phenoxy) is 2. The van der Waals surface area contributed by atoms with Gasteiger partial charge in [-0.25, -0.2) is 4.79 Å². The summed E-state index contributed by atoms with van der Waals surface area (Å²) in [6, 6.07) is 20.5. The molecule has 8 heteroatoms. The van der Waals surface area contributed by atoms with E-state index >= 15 is 0 Å². The van der Waals surface area contributed by atoms with Crippen LogP contribution in [-0.2, 0) is 16.0 Å². The molecule has 0 fully saturated rings. The Bertz CT molecular complexity index is 1100. The van der Waals surface area contributed by atoms with E-state index < -0.39 is 6.16 Å². The van der Waals surface area contributed by atoms with E-state index in [4.69, 9.17) is 9.47 Å². The molecule has 0 unspecified atom stereocenters. The SMILES string of the molecule is CCOC(=O)Oc1ccc(C(=O)Nc2ccccc2NC(=O)Cc2ccc(Br)cc2)cc1. The molecule has 0 heterocycles. The summed E-state index contributed by atoms with van der Waals surface area (Å²) in [6.45, 7) is 1.88. The van der Waals surface area contributed by atoms with Gasteiger partial charge in [0.1, 0.15) is 5.75 Å². The zero-order valence-electron chi connectivity index (χ0n) is 17.3. The molecule has 0 aliphatic rings. The topological polar surface area (TPSA) is 93.7 Å². The molecule has 0 saturated heterocycles. The smallest absolute Gasteiger partial charge is 0.434 e. The van der Waals surface area contributed by atoms with Crippen LogP contribution >= 0.6 is 15.9 Å². The Labute approximate surface area is 193 Å². The maximum absolute atomic E-state index is 12.7. The molecule has 3 aromatic carbocycles. The maximum Gasteiger partial charge on any atom is 0.513 e. The van der Waals surface area contributed by atoms with Gasteiger partial charge in [-0.3, -0.25) is 9.59 Å². The second kappa shape index (κ2) is 11.1. The maximum atomic E-state index is 12.7. The second-order valence-electron chi connectivity index (χ2n) is 6.66. The van der Waals surface area contributed by atoms with E-state index in [0.717, 1.165) is 10.0 Å². The molecule has 0 aliphatic heterocycles. The Balaban J connectivity index is 1.63. The quantitative estimate of drug-likeness (QED) is 0.336. The van der Waals surface area contributed by atoms with Crippen LogP contribution in [0, 0.1) is 0 Å². The first-order chi connectivity index (χ1) is 15.4. The molecular weight excluding hydrogens is 476 g/mol. The number of hydrogen-bond acceptors (Lipinski definition) is 5. The van der Waals surface area contributed by atoms with E-state index in [-0.39, 0.29) is 30.6 Å². The minimum absolute atomic E-state index is 0.200. The van der Waals surface area contributed by atoms with Gasteiger partial charge in [-0.15, -0.1) is 0 Å². The predicted molar refractivity (Wildman–Crippen MR) is 125 cm³/mol. The Kier molecular flexibility index (Phi) is 7.99. The number of benzene rings is 3. The van der Waals surface area contributed by atoms with Gasteiger partial charge >= 0.3 is 6.16 Å². The summed E-state index contributed by atoms with van der Waals surface area (Å²) < 4.78 is 10.6. The lowest BCUT2D eigenvalue weighted by molar-refractivity contribution is -0.115. The van der Waals surface area contributed by atoms with Crippen LogP contribution in [0.3, 0.4) is 0 Å². The highest BCUT2D eigenvalue weighted by Crippen LogP contribution is 2.23. The molecule has 2 N–H and O–H groups in total. The van der Waals surface area contributed by atoms with Crippen molar-refractivity contribution in [2.24, 2.45) is 0 Å². The van der Waals surface area contributed by atoms with Gasteiger partial charge in [0.2, 0.25) is 5.91 Å². The van der Waals surface area contributed by atoms with Gasteiger partial charge in [0.05, 0.1) is 24.4 Å². The highest BCUT2D eigenvalue weighted by atomic mass is 79.9. The van der Waals surface area contributed by atoms with Crippen molar-refractivity contribution in [3.05, 3.63) is 88.4 Å². The van der Waals surface area contributed by atoms with Crippen LogP contribution in [0.25, 0.3) is 0 Å². The molecule has 3 rings (SSSR count). The number of amides is 2. The van der Waals surface area contributed by atoms with Gasteiger partial charge in [0.15, 0.2) is 0 Å². The van der Waals surface area contributed by atoms with Crippen molar-refractivity contribution in [1.29, 1.82) is 0 Å². The third-order valence-electron chi connectivity index (χ3n) is 4.31. The molecule has 164 valence electrons. The van der Waals surface area contributed by atoms with Gasteiger partial charge in [-0.2, -0.15) is 0 Å². The van der Waals surface area contributed by atoms with Gasteiger partial charge in [-0.1, -0.05) is 40.2 Å². The second-order valence-corrected chi connectivity index (χ2v) is 7.58. The first-order valence-corrected chi connectivity index (χ1v) is 10.6. The average Bonchev–Trinajstić information content (AvgIpc) is 2.77. The number of anilines is 2. The average molecular weight is 497 g/mol. The summed E-state index contributed by atoms with van der Waals surface area (Å²) in [5.74, 6) is -0.308. The van der Waals surface area contributed by atoms with Crippen molar-refractivity contribution < 1.29 is 23.9 Å². The van der Waals surface area contributed by atoms with Crippen LogP contribution in [0.1, 0.15) is 22.8 Å². The number of nitrogens with one attached hydrogen (secondary N) is 2. The predicted octanol–water partition coefficient (Wildman–Crippen LogP) is 5.42. The monoisotopic (exact) mass is 496 g/mol. The van der Waals surface area contributed by atoms with Crippen LogP contribution in [-0.4, -0.2) is 24.6 Å². The van der Waals surface area contributed by atoms with E-state index in [1.165, 1.54) is 24.3 Å². The molecule has 0 aliphatic carbocycles. The van der Waals surface area contributed by atoms with Gasteiger partial charge in [-0.05, 0) is 61.0 Å².